The molecular weight excluding hydrogens is 258 g/mol. The number of alkyl halides is 2. The molecule has 2 aromatic rings. The average molecular weight is 268 g/mol. The van der Waals surface area contributed by atoms with Crippen LogP contribution in [0.4, 0.5) is 8.78 Å². The molecule has 0 spiro atoms. The molecule has 0 amide bonds. The van der Waals surface area contributed by atoms with Crippen molar-refractivity contribution in [2.75, 3.05) is 6.61 Å². The molecule has 0 radical (unpaired) electrons. The third-order valence-electron chi connectivity index (χ3n) is 2.23. The molecule has 2 heterocycles. The molecule has 2 aromatic heterocycles. The Morgan fingerprint density at radius 2 is 2.26 bits per heavy atom. The summed E-state index contributed by atoms with van der Waals surface area (Å²) in [7, 11) is 0. The van der Waals surface area contributed by atoms with Gasteiger partial charge in [-0.3, -0.25) is 4.98 Å². The van der Waals surface area contributed by atoms with Crippen LogP contribution in [0.2, 0.25) is 0 Å². The molecule has 19 heavy (non-hydrogen) atoms. The Labute approximate surface area is 107 Å². The van der Waals surface area contributed by atoms with Crippen molar-refractivity contribution in [3.05, 3.63) is 36.0 Å². The van der Waals surface area contributed by atoms with Gasteiger partial charge in [0.1, 0.15) is 11.3 Å². The Hall–Kier alpha value is -2.38. The van der Waals surface area contributed by atoms with Crippen molar-refractivity contribution in [3.8, 4) is 5.82 Å². The zero-order valence-electron chi connectivity index (χ0n) is 9.96. The van der Waals surface area contributed by atoms with E-state index >= 15 is 0 Å². The lowest BCUT2D eigenvalue weighted by Gasteiger charge is -2.00. The summed E-state index contributed by atoms with van der Waals surface area (Å²) in [5, 5.41) is 3.65. The number of carbonyl (C=O) groups is 1. The fourth-order valence-electron chi connectivity index (χ4n) is 1.44. The van der Waals surface area contributed by atoms with Crippen LogP contribution in [0.25, 0.3) is 5.82 Å². The van der Waals surface area contributed by atoms with E-state index in [4.69, 9.17) is 4.74 Å². The molecular formula is C11H10F2N4O2. The fourth-order valence-corrected chi connectivity index (χ4v) is 1.44. The van der Waals surface area contributed by atoms with Crippen LogP contribution in [0.1, 0.15) is 29.4 Å². The quantitative estimate of drug-likeness (QED) is 0.790. The first-order valence-electron chi connectivity index (χ1n) is 5.44. The number of hydrogen-bond acceptors (Lipinski definition) is 5. The summed E-state index contributed by atoms with van der Waals surface area (Å²) >= 11 is 0. The summed E-state index contributed by atoms with van der Waals surface area (Å²) in [6.07, 6.45) is 2.45. The molecule has 8 heteroatoms. The SMILES string of the molecule is CCOC(=O)c1cn(-c2cnccn2)nc1C(F)F. The van der Waals surface area contributed by atoms with E-state index in [0.29, 0.717) is 0 Å². The van der Waals surface area contributed by atoms with Crippen molar-refractivity contribution >= 4 is 5.97 Å². The number of ether oxygens (including phenoxy) is 1. The van der Waals surface area contributed by atoms with Gasteiger partial charge in [-0.15, -0.1) is 0 Å². The van der Waals surface area contributed by atoms with Crippen LogP contribution in [0.5, 0.6) is 0 Å². The van der Waals surface area contributed by atoms with E-state index in [1.54, 1.807) is 6.92 Å². The van der Waals surface area contributed by atoms with Crippen LogP contribution in [0.15, 0.2) is 24.8 Å². The van der Waals surface area contributed by atoms with Gasteiger partial charge in [-0.2, -0.15) is 5.10 Å². The summed E-state index contributed by atoms with van der Waals surface area (Å²) in [6.45, 7) is 1.69. The number of rotatable bonds is 4. The number of carbonyl (C=O) groups excluding carboxylic acids is 1. The highest BCUT2D eigenvalue weighted by molar-refractivity contribution is 5.90. The van der Waals surface area contributed by atoms with Crippen molar-refractivity contribution in [1.82, 2.24) is 19.7 Å². The van der Waals surface area contributed by atoms with Crippen LogP contribution < -0.4 is 0 Å². The van der Waals surface area contributed by atoms with Gasteiger partial charge in [0, 0.05) is 18.6 Å². The van der Waals surface area contributed by atoms with Crippen molar-refractivity contribution in [1.29, 1.82) is 0 Å². The zero-order valence-corrected chi connectivity index (χ0v) is 9.96. The maximum absolute atomic E-state index is 12.8. The second kappa shape index (κ2) is 5.51. The van der Waals surface area contributed by atoms with Crippen molar-refractivity contribution in [2.45, 2.75) is 13.3 Å². The van der Waals surface area contributed by atoms with Crippen molar-refractivity contribution in [3.63, 3.8) is 0 Å². The zero-order chi connectivity index (χ0) is 13.8. The van der Waals surface area contributed by atoms with Crippen LogP contribution in [0, 0.1) is 0 Å². The standard InChI is InChI=1S/C11H10F2N4O2/c1-2-19-11(18)7-6-17(16-9(7)10(12)13)8-5-14-3-4-15-8/h3-6,10H,2H2,1H3. The first kappa shape index (κ1) is 13.1. The smallest absolute Gasteiger partial charge is 0.341 e. The van der Waals surface area contributed by atoms with E-state index < -0.39 is 18.1 Å². The van der Waals surface area contributed by atoms with Gasteiger partial charge >= 0.3 is 5.97 Å². The largest absolute Gasteiger partial charge is 0.462 e. The average Bonchev–Trinajstić information content (AvgIpc) is 2.85. The lowest BCUT2D eigenvalue weighted by atomic mass is 10.2. The minimum absolute atomic E-state index is 0.0951. The monoisotopic (exact) mass is 268 g/mol. The third kappa shape index (κ3) is 2.72. The van der Waals surface area contributed by atoms with Gasteiger partial charge in [0.2, 0.25) is 0 Å². The lowest BCUT2D eigenvalue weighted by Crippen LogP contribution is -2.06. The molecule has 2 rings (SSSR count). The molecule has 0 bridgehead atoms. The van der Waals surface area contributed by atoms with Gasteiger partial charge in [0.05, 0.1) is 12.8 Å². The summed E-state index contributed by atoms with van der Waals surface area (Å²) in [5.41, 5.74) is -0.911. The van der Waals surface area contributed by atoms with Crippen LogP contribution in [0.3, 0.4) is 0 Å². The van der Waals surface area contributed by atoms with E-state index in [1.165, 1.54) is 18.6 Å². The predicted molar refractivity (Wildman–Crippen MR) is 60.1 cm³/mol. The second-order valence-corrected chi connectivity index (χ2v) is 3.46. The van der Waals surface area contributed by atoms with Gasteiger partial charge in [0.25, 0.3) is 6.43 Å². The maximum Gasteiger partial charge on any atom is 0.341 e. The van der Waals surface area contributed by atoms with Crippen LogP contribution in [-0.2, 0) is 4.74 Å². The van der Waals surface area contributed by atoms with Gasteiger partial charge < -0.3 is 4.74 Å². The normalized spacial score (nSPS) is 10.7. The molecule has 0 N–H and O–H groups in total. The topological polar surface area (TPSA) is 69.9 Å². The Morgan fingerprint density at radius 1 is 1.47 bits per heavy atom. The Kier molecular flexibility index (Phi) is 3.79. The number of aromatic nitrogens is 4. The highest BCUT2D eigenvalue weighted by atomic mass is 19.3. The number of halogens is 2. The second-order valence-electron chi connectivity index (χ2n) is 3.46. The highest BCUT2D eigenvalue weighted by Crippen LogP contribution is 2.23. The van der Waals surface area contributed by atoms with Gasteiger partial charge in [-0.25, -0.2) is 23.2 Å². The predicted octanol–water partition coefficient (Wildman–Crippen LogP) is 1.78. The first-order chi connectivity index (χ1) is 9.13. The Morgan fingerprint density at radius 3 is 2.84 bits per heavy atom. The summed E-state index contributed by atoms with van der Waals surface area (Å²) in [5.74, 6) is -0.604. The summed E-state index contributed by atoms with van der Waals surface area (Å²) < 4.78 is 31.5. The molecule has 0 atom stereocenters. The molecule has 0 fully saturated rings. The van der Waals surface area contributed by atoms with Crippen molar-refractivity contribution in [2.24, 2.45) is 0 Å². The molecule has 100 valence electrons. The molecule has 0 saturated heterocycles. The molecule has 0 aliphatic heterocycles. The third-order valence-corrected chi connectivity index (χ3v) is 2.23. The van der Waals surface area contributed by atoms with E-state index in [2.05, 4.69) is 15.1 Å². The minimum Gasteiger partial charge on any atom is -0.462 e. The van der Waals surface area contributed by atoms with Gasteiger partial charge in [0.15, 0.2) is 5.82 Å². The van der Waals surface area contributed by atoms with Crippen LogP contribution >= 0.6 is 0 Å². The lowest BCUT2D eigenvalue weighted by molar-refractivity contribution is 0.0515. The minimum atomic E-state index is -2.88. The number of esters is 1. The Bertz CT molecular complexity index is 571. The molecule has 0 saturated carbocycles. The molecule has 0 aliphatic carbocycles. The van der Waals surface area contributed by atoms with E-state index in [0.717, 1.165) is 10.9 Å². The maximum atomic E-state index is 12.8. The first-order valence-corrected chi connectivity index (χ1v) is 5.44. The Balaban J connectivity index is 2.44. The summed E-state index contributed by atoms with van der Waals surface area (Å²) in [6, 6.07) is 0. The summed E-state index contributed by atoms with van der Waals surface area (Å²) in [4.78, 5) is 19.3. The van der Waals surface area contributed by atoms with E-state index in [-0.39, 0.29) is 18.0 Å². The van der Waals surface area contributed by atoms with E-state index in [9.17, 15) is 13.6 Å². The number of nitrogens with zero attached hydrogens (tertiary/aromatic N) is 4. The van der Waals surface area contributed by atoms with Crippen molar-refractivity contribution < 1.29 is 18.3 Å². The molecule has 0 unspecified atom stereocenters. The molecule has 0 aliphatic rings. The molecule has 0 aromatic carbocycles. The fraction of sp³-hybridized carbons (Fsp3) is 0.273. The highest BCUT2D eigenvalue weighted by Gasteiger charge is 2.24. The number of hydrogen-bond donors (Lipinski definition) is 0. The van der Waals surface area contributed by atoms with Crippen LogP contribution in [-0.4, -0.2) is 32.3 Å². The van der Waals surface area contributed by atoms with Gasteiger partial charge in [-0.05, 0) is 6.92 Å². The van der Waals surface area contributed by atoms with Gasteiger partial charge in [-0.1, -0.05) is 0 Å². The van der Waals surface area contributed by atoms with E-state index in [1.807, 2.05) is 0 Å². The molecule has 6 nitrogen and oxygen atoms in total.